The predicted molar refractivity (Wildman–Crippen MR) is 87.3 cm³/mol. The van der Waals surface area contributed by atoms with Gasteiger partial charge in [0, 0.05) is 45.7 Å². The Bertz CT molecular complexity index is 620. The Morgan fingerprint density at radius 2 is 2.05 bits per heavy atom. The zero-order chi connectivity index (χ0) is 15.5. The van der Waals surface area contributed by atoms with Crippen molar-refractivity contribution in [1.82, 2.24) is 20.2 Å². The maximum Gasteiger partial charge on any atom is 0.151 e. The van der Waals surface area contributed by atoms with Crippen molar-refractivity contribution in [3.05, 3.63) is 30.2 Å². The molecule has 1 fully saturated rings. The van der Waals surface area contributed by atoms with Crippen molar-refractivity contribution >= 4 is 17.5 Å². The summed E-state index contributed by atoms with van der Waals surface area (Å²) in [6.45, 7) is 4.84. The maximum absolute atomic E-state index is 4.25. The van der Waals surface area contributed by atoms with E-state index < -0.39 is 0 Å². The predicted octanol–water partition coefficient (Wildman–Crippen LogP) is 1.19. The van der Waals surface area contributed by atoms with Crippen molar-refractivity contribution in [2.45, 2.75) is 6.92 Å². The van der Waals surface area contributed by atoms with Crippen molar-refractivity contribution in [3.63, 3.8) is 0 Å². The average Bonchev–Trinajstić information content (AvgIpc) is 2.47. The summed E-state index contributed by atoms with van der Waals surface area (Å²) in [7, 11) is 3.94. The molecule has 0 spiro atoms. The van der Waals surface area contributed by atoms with Gasteiger partial charge in [-0.3, -0.25) is 0 Å². The molecule has 7 heteroatoms. The number of aromatic nitrogens is 4. The van der Waals surface area contributed by atoms with Crippen LogP contribution in [0.25, 0.3) is 0 Å². The molecule has 116 valence electrons. The molecule has 0 atom stereocenters. The quantitative estimate of drug-likeness (QED) is 0.889. The minimum Gasteiger partial charge on any atom is -0.369 e. The molecule has 3 heterocycles. The zero-order valence-electron chi connectivity index (χ0n) is 13.2. The van der Waals surface area contributed by atoms with Crippen molar-refractivity contribution in [2.75, 3.05) is 48.8 Å². The summed E-state index contributed by atoms with van der Waals surface area (Å²) in [6, 6.07) is 5.99. The molecule has 7 nitrogen and oxygen atoms in total. The summed E-state index contributed by atoms with van der Waals surface area (Å²) >= 11 is 0. The fourth-order valence-electron chi connectivity index (χ4n) is 2.38. The van der Waals surface area contributed by atoms with Gasteiger partial charge >= 0.3 is 0 Å². The van der Waals surface area contributed by atoms with Gasteiger partial charge in [-0.15, -0.1) is 5.10 Å². The molecule has 1 saturated heterocycles. The second-order valence-electron chi connectivity index (χ2n) is 5.84. The number of hydrogen-bond donors (Lipinski definition) is 1. The van der Waals surface area contributed by atoms with Crippen LogP contribution in [0.1, 0.15) is 5.69 Å². The van der Waals surface area contributed by atoms with Gasteiger partial charge in [0.1, 0.15) is 18.0 Å². The van der Waals surface area contributed by atoms with Crippen molar-refractivity contribution in [2.24, 2.45) is 5.92 Å². The van der Waals surface area contributed by atoms with Gasteiger partial charge in [0.2, 0.25) is 0 Å². The normalized spacial score (nSPS) is 14.6. The van der Waals surface area contributed by atoms with Gasteiger partial charge in [-0.05, 0) is 19.1 Å². The van der Waals surface area contributed by atoms with Crippen LogP contribution in [-0.4, -0.2) is 53.9 Å². The van der Waals surface area contributed by atoms with Crippen molar-refractivity contribution in [3.8, 4) is 0 Å². The minimum absolute atomic E-state index is 0.598. The molecule has 0 aliphatic carbocycles. The van der Waals surface area contributed by atoms with Gasteiger partial charge in [-0.2, -0.15) is 5.10 Å². The Labute approximate surface area is 130 Å². The number of nitrogens with one attached hydrogen (secondary N) is 1. The Morgan fingerprint density at radius 1 is 1.23 bits per heavy atom. The zero-order valence-corrected chi connectivity index (χ0v) is 13.2. The Kier molecular flexibility index (Phi) is 4.04. The third kappa shape index (κ3) is 3.24. The molecular formula is C15H21N7. The van der Waals surface area contributed by atoms with E-state index in [0.717, 1.165) is 42.8 Å². The lowest BCUT2D eigenvalue weighted by atomic mass is 10.0. The van der Waals surface area contributed by atoms with Gasteiger partial charge in [-0.1, -0.05) is 0 Å². The molecule has 0 unspecified atom stereocenters. The highest BCUT2D eigenvalue weighted by atomic mass is 15.3. The van der Waals surface area contributed by atoms with Crippen LogP contribution in [-0.2, 0) is 0 Å². The highest BCUT2D eigenvalue weighted by Gasteiger charge is 2.27. The molecule has 1 aliphatic heterocycles. The van der Waals surface area contributed by atoms with Gasteiger partial charge in [0.15, 0.2) is 5.82 Å². The van der Waals surface area contributed by atoms with Crippen molar-refractivity contribution in [1.29, 1.82) is 0 Å². The number of nitrogens with zero attached hydrogens (tertiary/aromatic N) is 6. The molecule has 0 radical (unpaired) electrons. The minimum atomic E-state index is 0.598. The molecule has 2 aromatic heterocycles. The van der Waals surface area contributed by atoms with Crippen LogP contribution in [0.5, 0.6) is 0 Å². The summed E-state index contributed by atoms with van der Waals surface area (Å²) in [5.41, 5.74) is 0.947. The maximum atomic E-state index is 4.25. The topological polar surface area (TPSA) is 70.1 Å². The molecule has 22 heavy (non-hydrogen) atoms. The van der Waals surface area contributed by atoms with Gasteiger partial charge in [0.05, 0.1) is 5.69 Å². The van der Waals surface area contributed by atoms with Gasteiger partial charge in [-0.25, -0.2) is 9.97 Å². The van der Waals surface area contributed by atoms with E-state index in [1.165, 1.54) is 0 Å². The number of rotatable bonds is 5. The fourth-order valence-corrected chi connectivity index (χ4v) is 2.38. The van der Waals surface area contributed by atoms with E-state index in [9.17, 15) is 0 Å². The average molecular weight is 299 g/mol. The van der Waals surface area contributed by atoms with E-state index in [1.807, 2.05) is 44.1 Å². The van der Waals surface area contributed by atoms with E-state index >= 15 is 0 Å². The molecule has 1 aliphatic rings. The van der Waals surface area contributed by atoms with Gasteiger partial charge in [0.25, 0.3) is 0 Å². The standard InChI is InChI=1S/C15H21N7/c1-11-4-5-14(20-19-11)22-8-12(9-22)7-16-13-6-15(21(2)3)18-10-17-13/h4-6,10,12H,7-9H2,1-3H3,(H,16,17,18). The summed E-state index contributed by atoms with van der Waals surface area (Å²) < 4.78 is 0. The Hall–Kier alpha value is -2.44. The first-order valence-corrected chi connectivity index (χ1v) is 7.40. The molecule has 1 N–H and O–H groups in total. The smallest absolute Gasteiger partial charge is 0.151 e. The molecular weight excluding hydrogens is 278 g/mol. The van der Waals surface area contributed by atoms with E-state index in [-0.39, 0.29) is 0 Å². The lowest BCUT2D eigenvalue weighted by Gasteiger charge is -2.40. The third-order valence-corrected chi connectivity index (χ3v) is 3.75. The molecule has 0 amide bonds. The number of aryl methyl sites for hydroxylation is 1. The molecule has 3 rings (SSSR count). The third-order valence-electron chi connectivity index (χ3n) is 3.75. The Balaban J connectivity index is 1.48. The summed E-state index contributed by atoms with van der Waals surface area (Å²) in [4.78, 5) is 12.7. The summed E-state index contributed by atoms with van der Waals surface area (Å²) in [5.74, 6) is 3.33. The van der Waals surface area contributed by atoms with Crippen LogP contribution in [0.15, 0.2) is 24.5 Å². The summed E-state index contributed by atoms with van der Waals surface area (Å²) in [5, 5.41) is 11.7. The van der Waals surface area contributed by atoms with Crippen LogP contribution < -0.4 is 15.1 Å². The van der Waals surface area contributed by atoms with Crippen LogP contribution >= 0.6 is 0 Å². The lowest BCUT2D eigenvalue weighted by molar-refractivity contribution is 0.425. The number of hydrogen-bond acceptors (Lipinski definition) is 7. The highest BCUT2D eigenvalue weighted by Crippen LogP contribution is 2.22. The largest absolute Gasteiger partial charge is 0.369 e. The van der Waals surface area contributed by atoms with E-state index in [1.54, 1.807) is 6.33 Å². The van der Waals surface area contributed by atoms with E-state index in [0.29, 0.717) is 5.92 Å². The SMILES string of the molecule is Cc1ccc(N2CC(CNc3cc(N(C)C)ncn3)C2)nn1. The second-order valence-corrected chi connectivity index (χ2v) is 5.84. The first-order valence-electron chi connectivity index (χ1n) is 7.40. The van der Waals surface area contributed by atoms with E-state index in [2.05, 4.69) is 30.4 Å². The van der Waals surface area contributed by atoms with E-state index in [4.69, 9.17) is 0 Å². The molecule has 2 aromatic rings. The Morgan fingerprint density at radius 3 is 2.73 bits per heavy atom. The van der Waals surface area contributed by atoms with Crippen molar-refractivity contribution < 1.29 is 0 Å². The van der Waals surface area contributed by atoms with Crippen LogP contribution in [0.3, 0.4) is 0 Å². The lowest BCUT2D eigenvalue weighted by Crippen LogP contribution is -2.50. The monoisotopic (exact) mass is 299 g/mol. The van der Waals surface area contributed by atoms with Gasteiger partial charge < -0.3 is 15.1 Å². The number of anilines is 3. The van der Waals surface area contributed by atoms with Crippen LogP contribution in [0, 0.1) is 12.8 Å². The highest BCUT2D eigenvalue weighted by molar-refractivity contribution is 5.48. The van der Waals surface area contributed by atoms with Crippen LogP contribution in [0.4, 0.5) is 17.5 Å². The molecule has 0 bridgehead atoms. The molecule has 0 saturated carbocycles. The fraction of sp³-hybridized carbons (Fsp3) is 0.467. The second kappa shape index (κ2) is 6.13. The van der Waals surface area contributed by atoms with Crippen LogP contribution in [0.2, 0.25) is 0 Å². The molecule has 0 aromatic carbocycles. The first-order chi connectivity index (χ1) is 10.6. The summed E-state index contributed by atoms with van der Waals surface area (Å²) in [6.07, 6.45) is 1.59. The first kappa shape index (κ1) is 14.5.